The van der Waals surface area contributed by atoms with Crippen LogP contribution in [-0.4, -0.2) is 23.9 Å². The molecule has 0 saturated heterocycles. The van der Waals surface area contributed by atoms with Crippen molar-refractivity contribution in [2.24, 2.45) is 5.92 Å². The topological polar surface area (TPSA) is 105 Å². The maximum Gasteiger partial charge on any atom is 0.343 e. The summed E-state index contributed by atoms with van der Waals surface area (Å²) in [6.45, 7) is 5.97. The zero-order valence-corrected chi connectivity index (χ0v) is 31.3. The minimum Gasteiger partial charge on any atom is -0.427 e. The number of carbonyl (C=O) groups is 4. The largest absolute Gasteiger partial charge is 0.427 e. The lowest BCUT2D eigenvalue weighted by Crippen LogP contribution is -2.23. The number of unbranched alkanes of at least 4 members (excludes halogenated alkanes) is 8. The van der Waals surface area contributed by atoms with Crippen molar-refractivity contribution in [1.29, 1.82) is 0 Å². The molecule has 0 radical (unpaired) electrons. The smallest absolute Gasteiger partial charge is 0.343 e. The molecule has 4 rings (SSSR count). The van der Waals surface area contributed by atoms with Crippen LogP contribution >= 0.6 is 0 Å². The van der Waals surface area contributed by atoms with E-state index in [1.54, 1.807) is 31.2 Å². The Morgan fingerprint density at radius 3 is 1.23 bits per heavy atom. The third-order valence-corrected chi connectivity index (χ3v) is 8.91. The standard InChI is InChI=1S/C45H52O8/c1-4-6-8-10-12-14-34-16-24-39(25-17-34)52-44(48)36-20-28-38(29-21-36)50-42(46)32-33(3)43(47)51-41-30-22-37(23-31-41)45(49)53-40-26-18-35(19-27-40)15-13-11-9-7-5-2/h16-31,33H,4-15,32H2,1-3H3. The molecule has 0 aliphatic heterocycles. The molecular weight excluding hydrogens is 668 g/mol. The van der Waals surface area contributed by atoms with E-state index in [0.29, 0.717) is 22.6 Å². The van der Waals surface area contributed by atoms with E-state index in [4.69, 9.17) is 18.9 Å². The van der Waals surface area contributed by atoms with Gasteiger partial charge in [0.15, 0.2) is 0 Å². The second kappa shape index (κ2) is 22.0. The minimum atomic E-state index is -0.798. The van der Waals surface area contributed by atoms with Crippen LogP contribution in [0.5, 0.6) is 23.0 Å². The highest BCUT2D eigenvalue weighted by molar-refractivity contribution is 5.92. The third kappa shape index (κ3) is 14.4. The quantitative estimate of drug-likeness (QED) is 0.0476. The molecule has 0 aliphatic rings. The third-order valence-electron chi connectivity index (χ3n) is 8.91. The predicted octanol–water partition coefficient (Wildman–Crippen LogP) is 10.7. The van der Waals surface area contributed by atoms with Gasteiger partial charge in [0, 0.05) is 0 Å². The lowest BCUT2D eigenvalue weighted by molar-refractivity contribution is -0.144. The first-order valence-electron chi connectivity index (χ1n) is 19.0. The van der Waals surface area contributed by atoms with Crippen LogP contribution in [0.4, 0.5) is 0 Å². The first-order valence-corrected chi connectivity index (χ1v) is 19.0. The summed E-state index contributed by atoms with van der Waals surface area (Å²) >= 11 is 0. The van der Waals surface area contributed by atoms with Crippen LogP contribution in [0.3, 0.4) is 0 Å². The number of aryl methyl sites for hydroxylation is 2. The van der Waals surface area contributed by atoms with E-state index in [-0.39, 0.29) is 17.9 Å². The number of hydrogen-bond acceptors (Lipinski definition) is 8. The molecule has 280 valence electrons. The fourth-order valence-electron chi connectivity index (χ4n) is 5.69. The van der Waals surface area contributed by atoms with E-state index in [2.05, 4.69) is 13.8 Å². The van der Waals surface area contributed by atoms with Crippen LogP contribution in [0.2, 0.25) is 0 Å². The van der Waals surface area contributed by atoms with Crippen molar-refractivity contribution < 1.29 is 38.1 Å². The molecular formula is C45H52O8. The van der Waals surface area contributed by atoms with Gasteiger partial charge < -0.3 is 18.9 Å². The summed E-state index contributed by atoms with van der Waals surface area (Å²) < 4.78 is 21.8. The summed E-state index contributed by atoms with van der Waals surface area (Å²) in [5.41, 5.74) is 3.03. The number of ether oxygens (including phenoxy) is 4. The van der Waals surface area contributed by atoms with Gasteiger partial charge >= 0.3 is 23.9 Å². The Labute approximate surface area is 313 Å². The molecule has 1 atom stereocenters. The predicted molar refractivity (Wildman–Crippen MR) is 206 cm³/mol. The summed E-state index contributed by atoms with van der Waals surface area (Å²) in [4.78, 5) is 50.6. The normalized spacial score (nSPS) is 11.4. The molecule has 0 spiro atoms. The van der Waals surface area contributed by atoms with E-state index in [9.17, 15) is 19.2 Å². The Morgan fingerprint density at radius 2 is 0.811 bits per heavy atom. The van der Waals surface area contributed by atoms with Gasteiger partial charge in [-0.25, -0.2) is 9.59 Å². The first kappa shape index (κ1) is 40.5. The van der Waals surface area contributed by atoms with Gasteiger partial charge in [-0.05, 0) is 110 Å². The van der Waals surface area contributed by atoms with Crippen molar-refractivity contribution in [2.45, 2.75) is 104 Å². The summed E-state index contributed by atoms with van der Waals surface area (Å²) in [5.74, 6) is -1.73. The lowest BCUT2D eigenvalue weighted by atomic mass is 10.1. The molecule has 0 saturated carbocycles. The molecule has 0 bridgehead atoms. The highest BCUT2D eigenvalue weighted by Gasteiger charge is 2.21. The highest BCUT2D eigenvalue weighted by atomic mass is 16.5. The lowest BCUT2D eigenvalue weighted by Gasteiger charge is -2.12. The molecule has 53 heavy (non-hydrogen) atoms. The molecule has 0 aliphatic carbocycles. The summed E-state index contributed by atoms with van der Waals surface area (Å²) in [6, 6.07) is 27.2. The van der Waals surface area contributed by atoms with Gasteiger partial charge in [-0.2, -0.15) is 0 Å². The molecule has 8 nitrogen and oxygen atoms in total. The van der Waals surface area contributed by atoms with Gasteiger partial charge in [0.1, 0.15) is 23.0 Å². The van der Waals surface area contributed by atoms with Gasteiger partial charge in [-0.15, -0.1) is 0 Å². The van der Waals surface area contributed by atoms with Crippen molar-refractivity contribution >= 4 is 23.9 Å². The molecule has 4 aromatic rings. The number of hydrogen-bond donors (Lipinski definition) is 0. The van der Waals surface area contributed by atoms with Crippen LogP contribution in [0.15, 0.2) is 97.1 Å². The Kier molecular flexibility index (Phi) is 16.8. The number of rotatable bonds is 21. The van der Waals surface area contributed by atoms with Crippen LogP contribution in [-0.2, 0) is 22.4 Å². The van der Waals surface area contributed by atoms with E-state index in [0.717, 1.165) is 25.7 Å². The van der Waals surface area contributed by atoms with Crippen molar-refractivity contribution in [3.05, 3.63) is 119 Å². The van der Waals surface area contributed by atoms with E-state index < -0.39 is 29.8 Å². The molecule has 0 aromatic heterocycles. The second-order valence-electron chi connectivity index (χ2n) is 13.4. The van der Waals surface area contributed by atoms with Crippen LogP contribution in [0, 0.1) is 5.92 Å². The summed E-state index contributed by atoms with van der Waals surface area (Å²) in [7, 11) is 0. The first-order chi connectivity index (χ1) is 25.7. The van der Waals surface area contributed by atoms with E-state index >= 15 is 0 Å². The molecule has 0 N–H and O–H groups in total. The molecule has 0 amide bonds. The molecule has 8 heteroatoms. The fourth-order valence-corrected chi connectivity index (χ4v) is 5.69. The Morgan fingerprint density at radius 1 is 0.453 bits per heavy atom. The highest BCUT2D eigenvalue weighted by Crippen LogP contribution is 2.21. The fraction of sp³-hybridized carbons (Fsp3) is 0.378. The summed E-state index contributed by atoms with van der Waals surface area (Å²) in [6.07, 6.45) is 14.0. The van der Waals surface area contributed by atoms with Crippen molar-refractivity contribution in [3.8, 4) is 23.0 Å². The van der Waals surface area contributed by atoms with Crippen molar-refractivity contribution in [2.75, 3.05) is 0 Å². The van der Waals surface area contributed by atoms with E-state index in [1.165, 1.54) is 111 Å². The van der Waals surface area contributed by atoms with Crippen LogP contribution < -0.4 is 18.9 Å². The Hall–Kier alpha value is -5.24. The monoisotopic (exact) mass is 720 g/mol. The SMILES string of the molecule is CCCCCCCc1ccc(OC(=O)c2ccc(OC(=O)CC(C)C(=O)Oc3ccc(C(=O)Oc4ccc(CCCCCCC)cc4)cc3)cc2)cc1. The molecule has 0 fully saturated rings. The Bertz CT molecular complexity index is 1730. The number of carbonyl (C=O) groups excluding carboxylic acids is 4. The van der Waals surface area contributed by atoms with Gasteiger partial charge in [-0.1, -0.05) is 96.4 Å². The van der Waals surface area contributed by atoms with Gasteiger partial charge in [0.25, 0.3) is 0 Å². The van der Waals surface area contributed by atoms with Gasteiger partial charge in [0.05, 0.1) is 23.5 Å². The van der Waals surface area contributed by atoms with Crippen molar-refractivity contribution in [1.82, 2.24) is 0 Å². The zero-order chi connectivity index (χ0) is 37.8. The van der Waals surface area contributed by atoms with E-state index in [1.807, 2.05) is 24.3 Å². The summed E-state index contributed by atoms with van der Waals surface area (Å²) in [5, 5.41) is 0. The molecule has 0 heterocycles. The number of esters is 4. The zero-order valence-electron chi connectivity index (χ0n) is 31.3. The average Bonchev–Trinajstić information content (AvgIpc) is 3.16. The molecule has 1 unspecified atom stereocenters. The van der Waals surface area contributed by atoms with Crippen LogP contribution in [0.1, 0.15) is 123 Å². The number of benzene rings is 4. The van der Waals surface area contributed by atoms with Gasteiger partial charge in [-0.3, -0.25) is 9.59 Å². The van der Waals surface area contributed by atoms with Gasteiger partial charge in [0.2, 0.25) is 0 Å². The average molecular weight is 721 g/mol. The van der Waals surface area contributed by atoms with Crippen LogP contribution in [0.25, 0.3) is 0 Å². The minimum absolute atomic E-state index is 0.223. The van der Waals surface area contributed by atoms with Crippen molar-refractivity contribution in [3.63, 3.8) is 0 Å². The molecule has 4 aromatic carbocycles. The maximum atomic E-state index is 12.7. The second-order valence-corrected chi connectivity index (χ2v) is 13.4. The maximum absolute atomic E-state index is 12.7. The Balaban J connectivity index is 1.16.